The molecule has 2 aliphatic heterocycles. The Balaban J connectivity index is 0.983. The Morgan fingerprint density at radius 2 is 1.57 bits per heavy atom. The highest BCUT2D eigenvalue weighted by molar-refractivity contribution is 5.97. The van der Waals surface area contributed by atoms with Crippen LogP contribution in [-0.2, 0) is 22.1 Å². The number of amides is 2. The molecule has 7 aromatic rings. The molecule has 5 heterocycles. The van der Waals surface area contributed by atoms with E-state index in [1.807, 2.05) is 61.7 Å². The molecule has 2 aliphatic carbocycles. The number of rotatable bonds is 11. The number of carbonyl (C=O) groups excluding carboxylic acids is 1. The molecule has 3 fully saturated rings. The van der Waals surface area contributed by atoms with Crippen molar-refractivity contribution < 1.29 is 28.6 Å². The van der Waals surface area contributed by atoms with Crippen LogP contribution < -0.4 is 15.8 Å². The van der Waals surface area contributed by atoms with Crippen LogP contribution in [0.25, 0.3) is 44.1 Å². The zero-order chi connectivity index (χ0) is 47.6. The monoisotopic (exact) mass is 930 g/mol. The maximum atomic E-state index is 14.9. The molecule has 354 valence electrons. The molecule has 4 aliphatic rings. The second kappa shape index (κ2) is 17.8. The van der Waals surface area contributed by atoms with Gasteiger partial charge in [0, 0.05) is 86.0 Å². The fourth-order valence-electron chi connectivity index (χ4n) is 11.1. The minimum absolute atomic E-state index is 0.0750. The van der Waals surface area contributed by atoms with Crippen molar-refractivity contribution in [3.8, 4) is 22.3 Å². The molecule has 11 rings (SSSR count). The van der Waals surface area contributed by atoms with Crippen molar-refractivity contribution in [3.63, 3.8) is 0 Å². The number of H-pyrrole nitrogens is 1. The maximum Gasteiger partial charge on any atom is 0.407 e. The second-order valence-electron chi connectivity index (χ2n) is 19.2. The Hall–Kier alpha value is -7.10. The summed E-state index contributed by atoms with van der Waals surface area (Å²) >= 11 is 0. The van der Waals surface area contributed by atoms with E-state index in [4.69, 9.17) is 19.4 Å². The van der Waals surface area contributed by atoms with Gasteiger partial charge in [-0.05, 0) is 103 Å². The number of aromatic nitrogens is 4. The molecule has 3 aromatic heterocycles. The molecule has 1 saturated carbocycles. The van der Waals surface area contributed by atoms with Gasteiger partial charge in [-0.2, -0.15) is 0 Å². The number of halogens is 1. The van der Waals surface area contributed by atoms with Crippen LogP contribution >= 0.6 is 0 Å². The number of hydrogen-bond donors (Lipinski definition) is 3. The highest BCUT2D eigenvalue weighted by Gasteiger charge is 2.45. The highest BCUT2D eigenvalue weighted by atomic mass is 19.1. The third-order valence-electron chi connectivity index (χ3n) is 14.8. The Labute approximate surface area is 398 Å². The number of aromatic amines is 1. The van der Waals surface area contributed by atoms with Crippen molar-refractivity contribution in [2.45, 2.75) is 75.3 Å². The van der Waals surface area contributed by atoms with E-state index in [1.54, 1.807) is 29.9 Å². The minimum atomic E-state index is -1.45. The lowest BCUT2D eigenvalue weighted by Gasteiger charge is -2.48. The number of carboxylic acid groups (broad SMARTS) is 1. The summed E-state index contributed by atoms with van der Waals surface area (Å²) in [4.78, 5) is 59.3. The number of piperidine rings is 1. The molecule has 15 heteroatoms. The lowest BCUT2D eigenvalue weighted by Crippen LogP contribution is -2.61. The number of hydrogen-bond acceptors (Lipinski definition) is 9. The molecule has 3 N–H and O–H groups in total. The lowest BCUT2D eigenvalue weighted by molar-refractivity contribution is -0.0314. The van der Waals surface area contributed by atoms with Crippen molar-refractivity contribution in [1.29, 1.82) is 0 Å². The van der Waals surface area contributed by atoms with Crippen LogP contribution in [-0.4, -0.2) is 110 Å². The van der Waals surface area contributed by atoms with Gasteiger partial charge in [-0.3, -0.25) is 9.69 Å². The van der Waals surface area contributed by atoms with Gasteiger partial charge in [-0.15, -0.1) is 0 Å². The summed E-state index contributed by atoms with van der Waals surface area (Å²) in [6, 6.07) is 30.7. The van der Waals surface area contributed by atoms with Crippen molar-refractivity contribution in [3.05, 3.63) is 148 Å². The fraction of sp³-hybridized carbons (Fsp3) is 0.352. The average Bonchev–Trinajstić information content (AvgIpc) is 3.93. The molecule has 3 atom stereocenters. The third kappa shape index (κ3) is 8.16. The lowest BCUT2D eigenvalue weighted by atomic mass is 9.86. The number of piperazine rings is 1. The zero-order valence-corrected chi connectivity index (χ0v) is 38.9. The Kier molecular flexibility index (Phi) is 11.4. The van der Waals surface area contributed by atoms with Gasteiger partial charge in [0.25, 0.3) is 5.56 Å². The first kappa shape index (κ1) is 44.4. The SMILES string of the molecule is C[C@@H]1CN(C2CCN(c3nc(C(CNC(=O)OCC4c5ccccc5-c5ccccc54)(OC4CC4)c4ccc(F)cc4)c4cc(-c5cn(C)c(=O)c6[nH]ccc56)ccc4n3)CC2)[C@@H](C)CN1C(=O)O. The molecule has 0 bridgehead atoms. The molecule has 69 heavy (non-hydrogen) atoms. The average molecular weight is 931 g/mol. The summed E-state index contributed by atoms with van der Waals surface area (Å²) in [5.74, 6) is -0.0585. The number of benzene rings is 4. The van der Waals surface area contributed by atoms with Gasteiger partial charge in [0.05, 0.1) is 23.9 Å². The van der Waals surface area contributed by atoms with E-state index in [2.05, 4.69) is 51.3 Å². The molecule has 4 aromatic carbocycles. The smallest absolute Gasteiger partial charge is 0.407 e. The predicted molar refractivity (Wildman–Crippen MR) is 262 cm³/mol. The fourth-order valence-corrected chi connectivity index (χ4v) is 11.1. The van der Waals surface area contributed by atoms with Gasteiger partial charge in [0.15, 0.2) is 5.60 Å². The summed E-state index contributed by atoms with van der Waals surface area (Å²) in [5.41, 5.74) is 6.75. The Morgan fingerprint density at radius 1 is 0.855 bits per heavy atom. The number of fused-ring (bicyclic) bond motifs is 5. The third-order valence-corrected chi connectivity index (χ3v) is 14.8. The Bertz CT molecular complexity index is 3120. The predicted octanol–water partition coefficient (Wildman–Crippen LogP) is 8.62. The zero-order valence-electron chi connectivity index (χ0n) is 38.9. The summed E-state index contributed by atoms with van der Waals surface area (Å²) in [6.07, 6.45) is 5.15. The van der Waals surface area contributed by atoms with Gasteiger partial charge < -0.3 is 39.2 Å². The Morgan fingerprint density at radius 3 is 2.26 bits per heavy atom. The standard InChI is InChI=1S/C54H55FN8O6/c1-32-28-63(53(66)67)33(2)27-62(32)37-21-24-61(25-22-37)51-58-47-19-12-34(45-29-60(3)50(64)48-43(45)20-23-56-48)26-44(47)49(59-51)54(69-38-17-18-38,35-13-15-36(55)16-14-35)31-57-52(65)68-30-46-41-10-6-4-8-39(41)40-9-5-7-11-42(40)46/h4-16,19-20,23,26,29,32-33,37-38,46,56H,17-18,21-22,24-25,27-28,30-31H2,1-3H3,(H,57,65)(H,66,67)/t32-,33+,54?/m0/s1. The van der Waals surface area contributed by atoms with Crippen molar-refractivity contribution in [2.24, 2.45) is 7.05 Å². The number of alkyl carbamates (subject to hydrolysis) is 1. The molecule has 1 unspecified atom stereocenters. The van der Waals surface area contributed by atoms with Crippen LogP contribution in [0.1, 0.15) is 67.8 Å². The number of nitrogens with zero attached hydrogens (tertiary/aromatic N) is 6. The van der Waals surface area contributed by atoms with Crippen molar-refractivity contribution in [2.75, 3.05) is 44.2 Å². The normalized spacial score (nSPS) is 19.7. The van der Waals surface area contributed by atoms with Gasteiger partial charge in [-0.25, -0.2) is 23.9 Å². The van der Waals surface area contributed by atoms with Crippen LogP contribution in [0, 0.1) is 5.82 Å². The number of aryl methyl sites for hydroxylation is 1. The maximum absolute atomic E-state index is 14.9. The summed E-state index contributed by atoms with van der Waals surface area (Å²) in [5, 5.41) is 14.3. The van der Waals surface area contributed by atoms with E-state index >= 15 is 0 Å². The quantitative estimate of drug-likeness (QED) is 0.115. The summed E-state index contributed by atoms with van der Waals surface area (Å²) in [6.45, 7) is 6.53. The molecule has 0 radical (unpaired) electrons. The molecule has 2 saturated heterocycles. The van der Waals surface area contributed by atoms with E-state index in [9.17, 15) is 23.9 Å². The number of carbonyl (C=O) groups is 2. The van der Waals surface area contributed by atoms with E-state index in [0.717, 1.165) is 64.5 Å². The van der Waals surface area contributed by atoms with E-state index in [0.29, 0.717) is 59.8 Å². The van der Waals surface area contributed by atoms with Gasteiger partial charge >= 0.3 is 12.2 Å². The molecular formula is C54H55FN8O6. The van der Waals surface area contributed by atoms with Crippen LogP contribution in [0.4, 0.5) is 19.9 Å². The molecule has 14 nitrogen and oxygen atoms in total. The topological polar surface area (TPSA) is 158 Å². The van der Waals surface area contributed by atoms with Gasteiger partial charge in [-0.1, -0.05) is 66.7 Å². The molecular weight excluding hydrogens is 876 g/mol. The molecule has 0 spiro atoms. The van der Waals surface area contributed by atoms with E-state index in [1.165, 1.54) is 17.0 Å². The van der Waals surface area contributed by atoms with Crippen LogP contribution in [0.2, 0.25) is 0 Å². The molecule has 2 amide bonds. The second-order valence-corrected chi connectivity index (χ2v) is 19.2. The minimum Gasteiger partial charge on any atom is -0.465 e. The number of pyridine rings is 1. The van der Waals surface area contributed by atoms with Crippen LogP contribution in [0.15, 0.2) is 114 Å². The van der Waals surface area contributed by atoms with Crippen molar-refractivity contribution in [1.82, 2.24) is 34.6 Å². The van der Waals surface area contributed by atoms with Crippen molar-refractivity contribution >= 4 is 39.9 Å². The van der Waals surface area contributed by atoms with Crippen LogP contribution in [0.3, 0.4) is 0 Å². The number of nitrogens with one attached hydrogen (secondary N) is 2. The number of anilines is 1. The van der Waals surface area contributed by atoms with E-state index < -0.39 is 23.6 Å². The van der Waals surface area contributed by atoms with Gasteiger partial charge in [0.2, 0.25) is 5.95 Å². The van der Waals surface area contributed by atoms with Crippen LogP contribution in [0.5, 0.6) is 0 Å². The number of ether oxygens (including phenoxy) is 2. The van der Waals surface area contributed by atoms with Gasteiger partial charge in [0.1, 0.15) is 17.9 Å². The highest BCUT2D eigenvalue weighted by Crippen LogP contribution is 2.46. The first-order valence-corrected chi connectivity index (χ1v) is 24.0. The summed E-state index contributed by atoms with van der Waals surface area (Å²) in [7, 11) is 1.73. The largest absolute Gasteiger partial charge is 0.465 e. The summed E-state index contributed by atoms with van der Waals surface area (Å²) < 4.78 is 29.8. The van der Waals surface area contributed by atoms with E-state index in [-0.39, 0.29) is 48.9 Å². The first-order chi connectivity index (χ1) is 33.5. The first-order valence-electron chi connectivity index (χ1n) is 24.0.